The largest absolute Gasteiger partial charge is 0.497 e. The van der Waals surface area contributed by atoms with Crippen LogP contribution in [0.2, 0.25) is 0 Å². The van der Waals surface area contributed by atoms with Crippen molar-refractivity contribution in [1.29, 1.82) is 0 Å². The topological polar surface area (TPSA) is 55.8 Å². The number of ether oxygens (including phenoxy) is 2. The van der Waals surface area contributed by atoms with Crippen molar-refractivity contribution in [2.24, 2.45) is 0 Å². The molecule has 0 heterocycles. The second-order valence-corrected chi connectivity index (χ2v) is 5.82. The van der Waals surface area contributed by atoms with Gasteiger partial charge in [0.1, 0.15) is 12.0 Å². The lowest BCUT2D eigenvalue weighted by atomic mass is 10.0. The van der Waals surface area contributed by atoms with E-state index in [4.69, 9.17) is 9.47 Å². The first-order chi connectivity index (χ1) is 12.7. The van der Waals surface area contributed by atoms with Crippen LogP contribution in [0.1, 0.15) is 30.5 Å². The second kappa shape index (κ2) is 10.2. The summed E-state index contributed by atoms with van der Waals surface area (Å²) in [6.45, 7) is 2.51. The third-order valence-electron chi connectivity index (χ3n) is 4.16. The summed E-state index contributed by atoms with van der Waals surface area (Å²) in [4.78, 5) is 25.4. The third kappa shape index (κ3) is 5.34. The Kier molecular flexibility index (Phi) is 7.68. The fraction of sp³-hybridized carbons (Fsp3) is 0.333. The lowest BCUT2D eigenvalue weighted by molar-refractivity contribution is -0.108. The first-order valence-corrected chi connectivity index (χ1v) is 8.74. The van der Waals surface area contributed by atoms with Crippen molar-refractivity contribution in [1.82, 2.24) is 4.90 Å². The van der Waals surface area contributed by atoms with E-state index in [2.05, 4.69) is 0 Å². The zero-order valence-corrected chi connectivity index (χ0v) is 15.3. The highest BCUT2D eigenvalue weighted by Crippen LogP contribution is 2.25. The molecule has 1 unspecified atom stereocenters. The summed E-state index contributed by atoms with van der Waals surface area (Å²) in [5.74, 6) is 0.776. The van der Waals surface area contributed by atoms with Gasteiger partial charge in [-0.15, -0.1) is 0 Å². The van der Waals surface area contributed by atoms with Gasteiger partial charge >= 0.3 is 6.09 Å². The Balaban J connectivity index is 2.23. The molecule has 0 fully saturated rings. The number of aldehydes is 1. The van der Waals surface area contributed by atoms with Gasteiger partial charge in [-0.05, 0) is 36.6 Å². The van der Waals surface area contributed by atoms with Crippen LogP contribution in [-0.4, -0.2) is 37.5 Å². The number of methoxy groups -OCH3 is 1. The van der Waals surface area contributed by atoms with Crippen molar-refractivity contribution < 1.29 is 19.1 Å². The maximum Gasteiger partial charge on any atom is 0.410 e. The lowest BCUT2D eigenvalue weighted by Gasteiger charge is -2.30. The average molecular weight is 355 g/mol. The molecule has 0 saturated heterocycles. The molecule has 0 N–H and O–H groups in total. The van der Waals surface area contributed by atoms with Gasteiger partial charge in [0.05, 0.1) is 19.8 Å². The van der Waals surface area contributed by atoms with E-state index in [0.717, 1.165) is 23.2 Å². The Morgan fingerprint density at radius 2 is 1.92 bits per heavy atom. The van der Waals surface area contributed by atoms with E-state index in [1.54, 1.807) is 18.9 Å². The first-order valence-electron chi connectivity index (χ1n) is 8.74. The molecule has 0 aliphatic heterocycles. The van der Waals surface area contributed by atoms with Crippen molar-refractivity contribution in [3.63, 3.8) is 0 Å². The van der Waals surface area contributed by atoms with Crippen LogP contribution in [0.5, 0.6) is 5.75 Å². The highest BCUT2D eigenvalue weighted by molar-refractivity contribution is 5.69. The SMILES string of the molecule is CCOC(=O)N(CCc1cccc(OC)c1)C(CC=O)c1ccccc1. The summed E-state index contributed by atoms with van der Waals surface area (Å²) >= 11 is 0. The molecule has 2 aromatic carbocycles. The Bertz CT molecular complexity index is 702. The Hall–Kier alpha value is -2.82. The van der Waals surface area contributed by atoms with Gasteiger partial charge in [-0.1, -0.05) is 42.5 Å². The number of hydrogen-bond acceptors (Lipinski definition) is 4. The minimum Gasteiger partial charge on any atom is -0.497 e. The van der Waals surface area contributed by atoms with E-state index in [0.29, 0.717) is 13.0 Å². The van der Waals surface area contributed by atoms with Gasteiger partial charge in [-0.25, -0.2) is 4.79 Å². The van der Waals surface area contributed by atoms with E-state index in [9.17, 15) is 9.59 Å². The summed E-state index contributed by atoms with van der Waals surface area (Å²) in [7, 11) is 1.62. The van der Waals surface area contributed by atoms with Crippen molar-refractivity contribution in [3.8, 4) is 5.75 Å². The van der Waals surface area contributed by atoms with Gasteiger partial charge in [-0.2, -0.15) is 0 Å². The van der Waals surface area contributed by atoms with Gasteiger partial charge in [0.2, 0.25) is 0 Å². The molecule has 138 valence electrons. The molecule has 2 rings (SSSR count). The molecule has 2 aromatic rings. The number of carbonyl (C=O) groups excluding carboxylic acids is 2. The number of carbonyl (C=O) groups is 2. The molecule has 0 aliphatic carbocycles. The molecule has 0 radical (unpaired) electrons. The quantitative estimate of drug-likeness (QED) is 0.637. The summed E-state index contributed by atoms with van der Waals surface area (Å²) < 4.78 is 10.5. The van der Waals surface area contributed by atoms with Crippen molar-refractivity contribution >= 4 is 12.4 Å². The maximum absolute atomic E-state index is 12.5. The van der Waals surface area contributed by atoms with Crippen LogP contribution in [0.3, 0.4) is 0 Å². The molecule has 1 amide bonds. The molecular formula is C21H25NO4. The summed E-state index contributed by atoms with van der Waals surface area (Å²) in [5.41, 5.74) is 1.97. The van der Waals surface area contributed by atoms with Gasteiger partial charge in [0.15, 0.2) is 0 Å². The second-order valence-electron chi connectivity index (χ2n) is 5.82. The Labute approximate surface area is 154 Å². The average Bonchev–Trinajstić information content (AvgIpc) is 2.68. The number of hydrogen-bond donors (Lipinski definition) is 0. The predicted molar refractivity (Wildman–Crippen MR) is 100 cm³/mol. The standard InChI is InChI=1S/C21H25NO4/c1-3-26-21(24)22(14-12-17-8-7-11-19(16-17)25-2)20(13-15-23)18-9-5-4-6-10-18/h4-11,15-16,20H,3,12-14H2,1-2H3. The molecule has 1 atom stereocenters. The van der Waals surface area contributed by atoms with Crippen molar-refractivity contribution in [2.75, 3.05) is 20.3 Å². The van der Waals surface area contributed by atoms with Crippen molar-refractivity contribution in [3.05, 3.63) is 65.7 Å². The first kappa shape index (κ1) is 19.5. The molecule has 5 nitrogen and oxygen atoms in total. The molecule has 0 saturated carbocycles. The fourth-order valence-corrected chi connectivity index (χ4v) is 2.87. The van der Waals surface area contributed by atoms with Crippen LogP contribution in [0.4, 0.5) is 4.79 Å². The zero-order chi connectivity index (χ0) is 18.8. The third-order valence-corrected chi connectivity index (χ3v) is 4.16. The van der Waals surface area contributed by atoms with E-state index < -0.39 is 6.09 Å². The predicted octanol–water partition coefficient (Wildman–Crippen LogP) is 4.03. The lowest BCUT2D eigenvalue weighted by Crippen LogP contribution is -2.37. The van der Waals surface area contributed by atoms with Gasteiger partial charge in [0.25, 0.3) is 0 Å². The van der Waals surface area contributed by atoms with Crippen LogP contribution < -0.4 is 4.74 Å². The zero-order valence-electron chi connectivity index (χ0n) is 15.3. The van der Waals surface area contributed by atoms with Crippen LogP contribution >= 0.6 is 0 Å². The van der Waals surface area contributed by atoms with Crippen LogP contribution in [-0.2, 0) is 16.0 Å². The van der Waals surface area contributed by atoms with Gasteiger partial charge in [0, 0.05) is 13.0 Å². The normalized spacial score (nSPS) is 11.5. The van der Waals surface area contributed by atoms with E-state index in [1.807, 2.05) is 54.6 Å². The van der Waals surface area contributed by atoms with E-state index in [-0.39, 0.29) is 19.1 Å². The minimum absolute atomic E-state index is 0.223. The maximum atomic E-state index is 12.5. The fourth-order valence-electron chi connectivity index (χ4n) is 2.87. The minimum atomic E-state index is -0.411. The van der Waals surface area contributed by atoms with E-state index >= 15 is 0 Å². The molecule has 0 aliphatic rings. The Morgan fingerprint density at radius 1 is 1.15 bits per heavy atom. The number of amides is 1. The molecular weight excluding hydrogens is 330 g/mol. The van der Waals surface area contributed by atoms with Gasteiger partial charge in [-0.3, -0.25) is 0 Å². The van der Waals surface area contributed by atoms with Crippen molar-refractivity contribution in [2.45, 2.75) is 25.8 Å². The highest BCUT2D eigenvalue weighted by atomic mass is 16.6. The van der Waals surface area contributed by atoms with Crippen LogP contribution in [0.15, 0.2) is 54.6 Å². The number of rotatable bonds is 9. The summed E-state index contributed by atoms with van der Waals surface area (Å²) in [6, 6.07) is 16.9. The van der Waals surface area contributed by atoms with Gasteiger partial charge < -0.3 is 19.2 Å². The van der Waals surface area contributed by atoms with Crippen LogP contribution in [0.25, 0.3) is 0 Å². The molecule has 5 heteroatoms. The molecule has 0 bridgehead atoms. The smallest absolute Gasteiger partial charge is 0.410 e. The molecule has 0 spiro atoms. The van der Waals surface area contributed by atoms with Crippen LogP contribution in [0, 0.1) is 0 Å². The molecule has 26 heavy (non-hydrogen) atoms. The summed E-state index contributed by atoms with van der Waals surface area (Å²) in [5, 5.41) is 0. The van der Waals surface area contributed by atoms with E-state index in [1.165, 1.54) is 0 Å². The monoisotopic (exact) mass is 355 g/mol. The molecule has 0 aromatic heterocycles. The highest BCUT2D eigenvalue weighted by Gasteiger charge is 2.25. The Morgan fingerprint density at radius 3 is 2.58 bits per heavy atom. The number of benzene rings is 2. The summed E-state index contributed by atoms with van der Waals surface area (Å²) in [6.07, 6.45) is 1.29. The number of nitrogens with zero attached hydrogens (tertiary/aromatic N) is 1.